The topological polar surface area (TPSA) is 51.8 Å². The molecule has 0 aliphatic heterocycles. The average Bonchev–Trinajstić information content (AvgIpc) is 2.25. The normalized spacial score (nSPS) is 10.4. The van der Waals surface area contributed by atoms with Crippen molar-refractivity contribution in [1.82, 2.24) is 9.97 Å². The molecule has 1 aromatic carbocycles. The van der Waals surface area contributed by atoms with E-state index in [9.17, 15) is 0 Å². The summed E-state index contributed by atoms with van der Waals surface area (Å²) in [7, 11) is 0. The molecule has 4 heteroatoms. The van der Waals surface area contributed by atoms with E-state index in [1.54, 1.807) is 6.20 Å². The first kappa shape index (κ1) is 11.0. The fraction of sp³-hybridized carbons (Fsp3) is 0.167. The predicted molar refractivity (Wildman–Crippen MR) is 66.5 cm³/mol. The number of hydrogen-bond donors (Lipinski definition) is 1. The van der Waals surface area contributed by atoms with Crippen molar-refractivity contribution in [3.63, 3.8) is 0 Å². The van der Waals surface area contributed by atoms with Crippen LogP contribution in [0.2, 0.25) is 0 Å². The first-order chi connectivity index (χ1) is 7.66. The predicted octanol–water partition coefficient (Wildman–Crippen LogP) is 2.83. The minimum Gasteiger partial charge on any atom is -0.398 e. The van der Waals surface area contributed by atoms with E-state index >= 15 is 0 Å². The Morgan fingerprint density at radius 3 is 2.75 bits per heavy atom. The summed E-state index contributed by atoms with van der Waals surface area (Å²) in [6, 6.07) is 7.85. The zero-order chi connectivity index (χ0) is 11.5. The first-order valence-corrected chi connectivity index (χ1v) is 5.81. The van der Waals surface area contributed by atoms with Crippen LogP contribution in [0.3, 0.4) is 0 Å². The highest BCUT2D eigenvalue weighted by Crippen LogP contribution is 2.31. The highest BCUT2D eigenvalue weighted by Gasteiger charge is 2.05. The van der Waals surface area contributed by atoms with Crippen LogP contribution < -0.4 is 5.73 Å². The first-order valence-electron chi connectivity index (χ1n) is 4.99. The van der Waals surface area contributed by atoms with Crippen LogP contribution in [0.5, 0.6) is 0 Å². The monoisotopic (exact) mass is 231 g/mol. The number of aromatic nitrogens is 2. The summed E-state index contributed by atoms with van der Waals surface area (Å²) >= 11 is 1.50. The lowest BCUT2D eigenvalue weighted by Gasteiger charge is -2.06. The van der Waals surface area contributed by atoms with Crippen LogP contribution in [-0.4, -0.2) is 9.97 Å². The van der Waals surface area contributed by atoms with Crippen molar-refractivity contribution in [2.24, 2.45) is 0 Å². The highest BCUT2D eigenvalue weighted by atomic mass is 32.2. The van der Waals surface area contributed by atoms with E-state index in [0.29, 0.717) is 0 Å². The molecule has 0 saturated carbocycles. The summed E-state index contributed by atoms with van der Waals surface area (Å²) in [5.74, 6) is 0. The van der Waals surface area contributed by atoms with E-state index in [1.807, 2.05) is 38.1 Å². The van der Waals surface area contributed by atoms with Crippen LogP contribution in [0, 0.1) is 13.8 Å². The lowest BCUT2D eigenvalue weighted by Crippen LogP contribution is -1.93. The van der Waals surface area contributed by atoms with Crippen LogP contribution >= 0.6 is 11.8 Å². The number of aryl methyl sites for hydroxylation is 2. The molecule has 16 heavy (non-hydrogen) atoms. The quantitative estimate of drug-likeness (QED) is 0.638. The summed E-state index contributed by atoms with van der Waals surface area (Å²) in [4.78, 5) is 9.54. The maximum Gasteiger partial charge on any atom is 0.192 e. The van der Waals surface area contributed by atoms with Crippen molar-refractivity contribution in [2.75, 3.05) is 5.73 Å². The Bertz CT molecular complexity index is 511. The van der Waals surface area contributed by atoms with Crippen LogP contribution in [0.15, 0.2) is 40.5 Å². The Balaban J connectivity index is 2.31. The fourth-order valence-corrected chi connectivity index (χ4v) is 2.23. The molecule has 2 aromatic rings. The van der Waals surface area contributed by atoms with Gasteiger partial charge in [0, 0.05) is 22.5 Å². The van der Waals surface area contributed by atoms with Crippen LogP contribution in [0.25, 0.3) is 0 Å². The van der Waals surface area contributed by atoms with Gasteiger partial charge in [0.05, 0.1) is 0 Å². The van der Waals surface area contributed by atoms with Gasteiger partial charge in [-0.25, -0.2) is 9.97 Å². The summed E-state index contributed by atoms with van der Waals surface area (Å²) in [6.07, 6.45) is 1.76. The molecule has 0 bridgehead atoms. The third-order valence-corrected chi connectivity index (χ3v) is 3.21. The van der Waals surface area contributed by atoms with Gasteiger partial charge in [0.25, 0.3) is 0 Å². The number of rotatable bonds is 2. The molecule has 0 unspecified atom stereocenters. The molecule has 2 rings (SSSR count). The maximum absolute atomic E-state index is 5.99. The molecule has 1 aromatic heterocycles. The van der Waals surface area contributed by atoms with Gasteiger partial charge in [-0.2, -0.15) is 0 Å². The summed E-state index contributed by atoms with van der Waals surface area (Å²) in [6.45, 7) is 3.95. The highest BCUT2D eigenvalue weighted by molar-refractivity contribution is 7.99. The molecule has 0 aliphatic rings. The molecule has 0 saturated heterocycles. The Morgan fingerprint density at radius 1 is 1.19 bits per heavy atom. The summed E-state index contributed by atoms with van der Waals surface area (Å²) < 4.78 is 0. The Kier molecular flexibility index (Phi) is 3.10. The van der Waals surface area contributed by atoms with Gasteiger partial charge in [0.2, 0.25) is 0 Å². The standard InChI is InChI=1S/C12H13N3S/c1-8-4-3-5-10(11(8)13)16-12-14-7-6-9(2)15-12/h3-7H,13H2,1-2H3. The van der Waals surface area contributed by atoms with Crippen molar-refractivity contribution < 1.29 is 0 Å². The van der Waals surface area contributed by atoms with E-state index in [4.69, 9.17) is 5.73 Å². The van der Waals surface area contributed by atoms with Gasteiger partial charge < -0.3 is 5.73 Å². The molecule has 2 N–H and O–H groups in total. The Morgan fingerprint density at radius 2 is 2.00 bits per heavy atom. The van der Waals surface area contributed by atoms with Crippen molar-refractivity contribution >= 4 is 17.4 Å². The number of hydrogen-bond acceptors (Lipinski definition) is 4. The molecule has 0 aliphatic carbocycles. The molecule has 0 amide bonds. The molecular weight excluding hydrogens is 218 g/mol. The zero-order valence-corrected chi connectivity index (χ0v) is 10.1. The van der Waals surface area contributed by atoms with Gasteiger partial charge in [-0.3, -0.25) is 0 Å². The van der Waals surface area contributed by atoms with E-state index < -0.39 is 0 Å². The fourth-order valence-electron chi connectivity index (χ4n) is 1.32. The average molecular weight is 231 g/mol. The smallest absolute Gasteiger partial charge is 0.192 e. The largest absolute Gasteiger partial charge is 0.398 e. The van der Waals surface area contributed by atoms with Gasteiger partial charge in [0.1, 0.15) is 0 Å². The molecule has 82 valence electrons. The third-order valence-electron chi connectivity index (χ3n) is 2.26. The number of benzene rings is 1. The van der Waals surface area contributed by atoms with Gasteiger partial charge in [0.15, 0.2) is 5.16 Å². The van der Waals surface area contributed by atoms with E-state index in [0.717, 1.165) is 27.0 Å². The molecule has 0 fully saturated rings. The minimum atomic E-state index is 0.734. The lowest BCUT2D eigenvalue weighted by molar-refractivity contribution is 0.932. The lowest BCUT2D eigenvalue weighted by atomic mass is 10.2. The van der Waals surface area contributed by atoms with E-state index in [-0.39, 0.29) is 0 Å². The SMILES string of the molecule is Cc1ccnc(Sc2cccc(C)c2N)n1. The van der Waals surface area contributed by atoms with Crippen LogP contribution in [-0.2, 0) is 0 Å². The van der Waals surface area contributed by atoms with E-state index in [2.05, 4.69) is 9.97 Å². The van der Waals surface area contributed by atoms with Crippen molar-refractivity contribution in [3.8, 4) is 0 Å². The van der Waals surface area contributed by atoms with Gasteiger partial charge in [-0.1, -0.05) is 12.1 Å². The molecule has 0 radical (unpaired) electrons. The molecule has 3 nitrogen and oxygen atoms in total. The van der Waals surface area contributed by atoms with Gasteiger partial charge >= 0.3 is 0 Å². The van der Waals surface area contributed by atoms with Crippen molar-refractivity contribution in [2.45, 2.75) is 23.9 Å². The number of nitrogen functional groups attached to an aromatic ring is 1. The summed E-state index contributed by atoms with van der Waals surface area (Å²) in [5.41, 5.74) is 8.84. The number of nitrogens with zero attached hydrogens (tertiary/aromatic N) is 2. The van der Waals surface area contributed by atoms with Crippen LogP contribution in [0.4, 0.5) is 5.69 Å². The van der Waals surface area contributed by atoms with E-state index in [1.165, 1.54) is 11.8 Å². The Labute approximate surface area is 99.1 Å². The summed E-state index contributed by atoms with van der Waals surface area (Å²) in [5, 5.41) is 0.734. The second-order valence-electron chi connectivity index (χ2n) is 3.57. The Hall–Kier alpha value is -1.55. The molecule has 0 spiro atoms. The number of para-hydroxylation sites is 1. The number of nitrogens with two attached hydrogens (primary N) is 1. The van der Waals surface area contributed by atoms with Crippen LogP contribution in [0.1, 0.15) is 11.3 Å². The molecular formula is C12H13N3S. The molecule has 1 heterocycles. The van der Waals surface area contributed by atoms with Gasteiger partial charge in [-0.05, 0) is 43.3 Å². The molecule has 0 atom stereocenters. The second-order valence-corrected chi connectivity index (χ2v) is 4.58. The van der Waals surface area contributed by atoms with Gasteiger partial charge in [-0.15, -0.1) is 0 Å². The second kappa shape index (κ2) is 4.53. The zero-order valence-electron chi connectivity index (χ0n) is 9.27. The van der Waals surface area contributed by atoms with Crippen molar-refractivity contribution in [1.29, 1.82) is 0 Å². The maximum atomic E-state index is 5.99. The minimum absolute atomic E-state index is 0.734. The third kappa shape index (κ3) is 2.33. The van der Waals surface area contributed by atoms with Crippen molar-refractivity contribution in [3.05, 3.63) is 41.7 Å². The number of anilines is 1.